The van der Waals surface area contributed by atoms with Crippen LogP contribution >= 0.6 is 0 Å². The zero-order valence-corrected chi connectivity index (χ0v) is 11.8. The van der Waals surface area contributed by atoms with E-state index in [1.54, 1.807) is 0 Å². The Balaban J connectivity index is 1.79. The van der Waals surface area contributed by atoms with E-state index in [9.17, 15) is 8.42 Å². The van der Waals surface area contributed by atoms with Crippen LogP contribution in [0.1, 0.15) is 45.4 Å². The summed E-state index contributed by atoms with van der Waals surface area (Å²) >= 11 is 0. The molecule has 0 radical (unpaired) electrons. The van der Waals surface area contributed by atoms with Crippen molar-refractivity contribution in [2.24, 2.45) is 0 Å². The lowest BCUT2D eigenvalue weighted by molar-refractivity contribution is -0.186. The van der Waals surface area contributed by atoms with Gasteiger partial charge in [0.05, 0.1) is 18.5 Å². The molecule has 1 saturated heterocycles. The Hall–Kier alpha value is -0.170. The van der Waals surface area contributed by atoms with Gasteiger partial charge in [-0.2, -0.15) is 0 Å². The molecule has 6 heteroatoms. The number of hydrogen-bond acceptors (Lipinski definition) is 4. The van der Waals surface area contributed by atoms with E-state index >= 15 is 0 Å². The van der Waals surface area contributed by atoms with Gasteiger partial charge >= 0.3 is 0 Å². The van der Waals surface area contributed by atoms with Gasteiger partial charge in [0, 0.05) is 19.4 Å². The van der Waals surface area contributed by atoms with Crippen molar-refractivity contribution in [3.63, 3.8) is 0 Å². The van der Waals surface area contributed by atoms with Crippen LogP contribution in [-0.2, 0) is 19.5 Å². The van der Waals surface area contributed by atoms with Crippen molar-refractivity contribution in [3.05, 3.63) is 0 Å². The molecule has 5 nitrogen and oxygen atoms in total. The highest BCUT2D eigenvalue weighted by atomic mass is 32.2. The zero-order valence-electron chi connectivity index (χ0n) is 11.0. The van der Waals surface area contributed by atoms with E-state index in [2.05, 4.69) is 4.72 Å². The van der Waals surface area contributed by atoms with Crippen LogP contribution in [0.25, 0.3) is 0 Å². The second-order valence-electron chi connectivity index (χ2n) is 5.19. The third-order valence-electron chi connectivity index (χ3n) is 3.53. The number of hydrogen-bond donors (Lipinski definition) is 1. The van der Waals surface area contributed by atoms with Crippen molar-refractivity contribution in [1.29, 1.82) is 0 Å². The lowest BCUT2D eigenvalue weighted by Gasteiger charge is -2.31. The van der Waals surface area contributed by atoms with Crippen LogP contribution in [0.5, 0.6) is 0 Å². The largest absolute Gasteiger partial charge is 0.347 e. The molecule has 1 saturated carbocycles. The summed E-state index contributed by atoms with van der Waals surface area (Å²) in [4.78, 5) is 0. The third-order valence-corrected chi connectivity index (χ3v) is 5.09. The quantitative estimate of drug-likeness (QED) is 0.825. The number of rotatable bonds is 5. The lowest BCUT2D eigenvalue weighted by atomic mass is 9.94. The highest BCUT2D eigenvalue weighted by Crippen LogP contribution is 2.37. The molecular formula is C12H23NO4S. The fourth-order valence-electron chi connectivity index (χ4n) is 2.63. The van der Waals surface area contributed by atoms with E-state index in [-0.39, 0.29) is 11.9 Å². The Morgan fingerprint density at radius 3 is 2.67 bits per heavy atom. The molecule has 18 heavy (non-hydrogen) atoms. The van der Waals surface area contributed by atoms with Crippen molar-refractivity contribution in [2.75, 3.05) is 18.9 Å². The van der Waals surface area contributed by atoms with Crippen molar-refractivity contribution >= 4 is 10.0 Å². The monoisotopic (exact) mass is 277 g/mol. The van der Waals surface area contributed by atoms with Crippen LogP contribution < -0.4 is 4.72 Å². The Bertz CT molecular complexity index is 362. The standard InChI is InChI=1S/C12H23NO4S/c1-2-8-18(14,15)13-9-11-10-16-12(17-11)6-4-3-5-7-12/h11,13H,2-10H2,1H3/t11-/m0/s1. The van der Waals surface area contributed by atoms with Crippen LogP contribution in [-0.4, -0.2) is 39.2 Å². The van der Waals surface area contributed by atoms with Crippen molar-refractivity contribution in [2.45, 2.75) is 57.3 Å². The minimum Gasteiger partial charge on any atom is -0.347 e. The van der Waals surface area contributed by atoms with Crippen molar-refractivity contribution in [3.8, 4) is 0 Å². The van der Waals surface area contributed by atoms with Crippen molar-refractivity contribution in [1.82, 2.24) is 4.72 Å². The molecule has 0 unspecified atom stereocenters. The Morgan fingerprint density at radius 2 is 2.00 bits per heavy atom. The van der Waals surface area contributed by atoms with E-state index in [4.69, 9.17) is 9.47 Å². The van der Waals surface area contributed by atoms with Gasteiger partial charge in [-0.1, -0.05) is 13.3 Å². The zero-order chi connectivity index (χ0) is 13.1. The topological polar surface area (TPSA) is 64.6 Å². The summed E-state index contributed by atoms with van der Waals surface area (Å²) in [7, 11) is -3.15. The highest BCUT2D eigenvalue weighted by molar-refractivity contribution is 7.89. The second-order valence-corrected chi connectivity index (χ2v) is 7.12. The smallest absolute Gasteiger partial charge is 0.211 e. The van der Waals surface area contributed by atoms with Gasteiger partial charge in [0.15, 0.2) is 5.79 Å². The molecule has 0 aromatic heterocycles. The molecule has 1 aliphatic carbocycles. The van der Waals surface area contributed by atoms with Gasteiger partial charge in [0.2, 0.25) is 10.0 Å². The van der Waals surface area contributed by atoms with E-state index in [0.717, 1.165) is 25.7 Å². The minimum atomic E-state index is -3.15. The molecule has 106 valence electrons. The van der Waals surface area contributed by atoms with Crippen LogP contribution in [0.2, 0.25) is 0 Å². The fraction of sp³-hybridized carbons (Fsp3) is 1.00. The third kappa shape index (κ3) is 3.66. The normalized spacial score (nSPS) is 27.7. The summed E-state index contributed by atoms with van der Waals surface area (Å²) in [5, 5.41) is 0. The predicted molar refractivity (Wildman–Crippen MR) is 68.7 cm³/mol. The molecule has 2 fully saturated rings. The van der Waals surface area contributed by atoms with E-state index in [1.807, 2.05) is 6.92 Å². The maximum atomic E-state index is 11.5. The van der Waals surface area contributed by atoms with E-state index in [0.29, 0.717) is 19.6 Å². The average Bonchev–Trinajstić information content (AvgIpc) is 2.71. The first-order valence-electron chi connectivity index (χ1n) is 6.84. The summed E-state index contributed by atoms with van der Waals surface area (Å²) in [6.07, 6.45) is 5.86. The lowest BCUT2D eigenvalue weighted by Crippen LogP contribution is -2.37. The first kappa shape index (κ1) is 14.2. The summed E-state index contributed by atoms with van der Waals surface area (Å²) in [5.41, 5.74) is 0. The maximum Gasteiger partial charge on any atom is 0.211 e. The molecule has 0 bridgehead atoms. The van der Waals surface area contributed by atoms with Gasteiger partial charge in [-0.25, -0.2) is 13.1 Å². The Morgan fingerprint density at radius 1 is 1.28 bits per heavy atom. The van der Waals surface area contributed by atoms with Gasteiger partial charge in [0.1, 0.15) is 0 Å². The second kappa shape index (κ2) is 5.86. The van der Waals surface area contributed by atoms with E-state index in [1.165, 1.54) is 6.42 Å². The minimum absolute atomic E-state index is 0.144. The summed E-state index contributed by atoms with van der Waals surface area (Å²) in [6, 6.07) is 0. The Kier molecular flexibility index (Phi) is 4.64. The number of ether oxygens (including phenoxy) is 2. The number of sulfonamides is 1. The predicted octanol–water partition coefficient (Wildman–Crippen LogP) is 1.39. The van der Waals surface area contributed by atoms with Gasteiger partial charge in [-0.05, 0) is 19.3 Å². The van der Waals surface area contributed by atoms with Crippen LogP contribution in [0.4, 0.5) is 0 Å². The molecule has 1 aliphatic heterocycles. The SMILES string of the molecule is CCCS(=O)(=O)NC[C@H]1COC2(CCCCC2)O1. The van der Waals surface area contributed by atoms with Gasteiger partial charge in [0.25, 0.3) is 0 Å². The van der Waals surface area contributed by atoms with Crippen LogP contribution in [0.15, 0.2) is 0 Å². The Labute approximate surface area is 109 Å². The van der Waals surface area contributed by atoms with E-state index < -0.39 is 15.8 Å². The first-order chi connectivity index (χ1) is 8.55. The molecular weight excluding hydrogens is 254 g/mol. The molecule has 1 spiro atoms. The first-order valence-corrected chi connectivity index (χ1v) is 8.50. The van der Waals surface area contributed by atoms with Crippen LogP contribution in [0, 0.1) is 0 Å². The summed E-state index contributed by atoms with van der Waals surface area (Å²) < 4.78 is 37.4. The highest BCUT2D eigenvalue weighted by Gasteiger charge is 2.42. The molecule has 1 N–H and O–H groups in total. The van der Waals surface area contributed by atoms with Gasteiger partial charge in [-0.3, -0.25) is 0 Å². The summed E-state index contributed by atoms with van der Waals surface area (Å²) in [5.74, 6) is -0.245. The summed E-state index contributed by atoms with van der Waals surface area (Å²) in [6.45, 7) is 2.67. The molecule has 0 amide bonds. The van der Waals surface area contributed by atoms with Crippen LogP contribution in [0.3, 0.4) is 0 Å². The maximum absolute atomic E-state index is 11.5. The molecule has 0 aromatic carbocycles. The molecule has 0 aromatic rings. The molecule has 2 rings (SSSR count). The number of nitrogens with one attached hydrogen (secondary N) is 1. The molecule has 1 atom stereocenters. The van der Waals surface area contributed by atoms with Gasteiger partial charge < -0.3 is 9.47 Å². The molecule has 2 aliphatic rings. The average molecular weight is 277 g/mol. The molecule has 1 heterocycles. The van der Waals surface area contributed by atoms with Gasteiger partial charge in [-0.15, -0.1) is 0 Å². The fourth-order valence-corrected chi connectivity index (χ4v) is 3.75. The van der Waals surface area contributed by atoms with Crippen molar-refractivity contribution < 1.29 is 17.9 Å².